The summed E-state index contributed by atoms with van der Waals surface area (Å²) < 4.78 is 16.7. The molecule has 0 heterocycles. The lowest BCUT2D eigenvalue weighted by Crippen LogP contribution is -2.30. The van der Waals surface area contributed by atoms with E-state index >= 15 is 0 Å². The van der Waals surface area contributed by atoms with Crippen molar-refractivity contribution in [1.82, 2.24) is 0 Å². The maximum atomic E-state index is 12.8. The van der Waals surface area contributed by atoms with Crippen molar-refractivity contribution in [2.45, 2.75) is 219 Å². The van der Waals surface area contributed by atoms with E-state index < -0.39 is 12.1 Å². The minimum atomic E-state index is -0.848. The molecule has 67 heavy (non-hydrogen) atoms. The SMILES string of the molecule is CC/C=C\C/C=C\C/C=C\C/C=C\C/C=C\CCCC(=O)O[C@@H](COC(=O)CCC/C=C\C/C=C\C/C=C\CCCCCCCC)COC(=O)CCCC/C=C\C/C=C\C/C=C\CCCCC. The number of unbranched alkanes of at least 4 members (excludes halogenated alkanes) is 13. The lowest BCUT2D eigenvalue weighted by atomic mass is 10.1. The first-order chi connectivity index (χ1) is 33.0. The third-order valence-electron chi connectivity index (χ3n) is 10.6. The highest BCUT2D eigenvalue weighted by Crippen LogP contribution is 2.10. The fourth-order valence-corrected chi connectivity index (χ4v) is 6.62. The van der Waals surface area contributed by atoms with Crippen LogP contribution in [0.25, 0.3) is 0 Å². The highest BCUT2D eigenvalue weighted by atomic mass is 16.6. The Kier molecular flexibility index (Phi) is 50.6. The van der Waals surface area contributed by atoms with Crippen molar-refractivity contribution >= 4 is 17.9 Å². The summed E-state index contributed by atoms with van der Waals surface area (Å²) in [5.41, 5.74) is 0. The van der Waals surface area contributed by atoms with E-state index in [1.54, 1.807) is 0 Å². The van der Waals surface area contributed by atoms with Gasteiger partial charge in [-0.3, -0.25) is 14.4 Å². The average Bonchev–Trinajstić information content (AvgIpc) is 3.33. The van der Waals surface area contributed by atoms with Crippen LogP contribution in [-0.2, 0) is 28.6 Å². The zero-order valence-corrected chi connectivity index (χ0v) is 42.9. The molecule has 0 saturated heterocycles. The van der Waals surface area contributed by atoms with E-state index in [0.29, 0.717) is 19.3 Å². The Hall–Kier alpha value is -4.45. The molecule has 0 aliphatic heterocycles. The number of allylic oxidation sites excluding steroid dienone is 22. The lowest BCUT2D eigenvalue weighted by Gasteiger charge is -2.18. The van der Waals surface area contributed by atoms with Gasteiger partial charge in [-0.1, -0.05) is 199 Å². The number of esters is 3. The summed E-state index contributed by atoms with van der Waals surface area (Å²) in [5, 5.41) is 0. The van der Waals surface area contributed by atoms with Gasteiger partial charge in [0.05, 0.1) is 0 Å². The van der Waals surface area contributed by atoms with Gasteiger partial charge in [0.25, 0.3) is 0 Å². The van der Waals surface area contributed by atoms with Gasteiger partial charge in [0.15, 0.2) is 6.10 Å². The topological polar surface area (TPSA) is 78.9 Å². The molecular formula is C61H96O6. The third-order valence-corrected chi connectivity index (χ3v) is 10.6. The number of carbonyl (C=O) groups excluding carboxylic acids is 3. The minimum Gasteiger partial charge on any atom is -0.462 e. The second-order valence-electron chi connectivity index (χ2n) is 17.0. The number of rotatable bonds is 46. The standard InChI is InChI=1S/C61H96O6/c1-4-7-10-13-16-19-22-25-28-30-33-36-39-42-45-48-51-54-60(63)66-57-58(56-65-59(62)53-50-47-44-41-38-35-32-27-24-21-18-15-12-9-6-3)67-61(64)55-52-49-46-43-40-37-34-31-29-26-23-20-17-14-11-8-5-2/h8,11,17-18,20-21,25-29,32-34,36-38,41-43,45-46,58H,4-7,9-10,12-16,19,22-24,30-31,35,39-40,44,47-57H2,1-3H3/b11-8-,20-17-,21-18-,28-25-,29-26-,32-27-,36-33-,37-34-,41-38-,45-42-,46-43-/t58-/m1/s1. The Morgan fingerprint density at radius 1 is 0.313 bits per heavy atom. The van der Waals surface area contributed by atoms with Crippen LogP contribution in [0.2, 0.25) is 0 Å². The van der Waals surface area contributed by atoms with Crippen molar-refractivity contribution in [2.75, 3.05) is 13.2 Å². The first-order valence-electron chi connectivity index (χ1n) is 26.7. The largest absolute Gasteiger partial charge is 0.462 e. The second kappa shape index (κ2) is 54.2. The van der Waals surface area contributed by atoms with Gasteiger partial charge in [0.2, 0.25) is 0 Å². The molecule has 0 radical (unpaired) electrons. The molecule has 0 bridgehead atoms. The predicted molar refractivity (Wildman–Crippen MR) is 288 cm³/mol. The van der Waals surface area contributed by atoms with Crippen LogP contribution in [0.5, 0.6) is 0 Å². The van der Waals surface area contributed by atoms with Gasteiger partial charge in [0, 0.05) is 19.3 Å². The zero-order valence-electron chi connectivity index (χ0n) is 42.9. The van der Waals surface area contributed by atoms with Crippen molar-refractivity contribution < 1.29 is 28.6 Å². The number of ether oxygens (including phenoxy) is 3. The van der Waals surface area contributed by atoms with Crippen LogP contribution in [0.4, 0.5) is 0 Å². The first-order valence-corrected chi connectivity index (χ1v) is 26.7. The molecule has 0 N–H and O–H groups in total. The minimum absolute atomic E-state index is 0.141. The average molecular weight is 925 g/mol. The molecule has 0 fully saturated rings. The van der Waals surface area contributed by atoms with Crippen LogP contribution in [0, 0.1) is 0 Å². The fraction of sp³-hybridized carbons (Fsp3) is 0.590. The Balaban J connectivity index is 4.64. The Labute approximate surface area is 411 Å². The van der Waals surface area contributed by atoms with Crippen molar-refractivity contribution in [2.24, 2.45) is 0 Å². The van der Waals surface area contributed by atoms with E-state index in [0.717, 1.165) is 83.5 Å². The summed E-state index contributed by atoms with van der Waals surface area (Å²) in [4.78, 5) is 38.0. The Morgan fingerprint density at radius 3 is 1.00 bits per heavy atom. The van der Waals surface area contributed by atoms with Crippen LogP contribution in [0.15, 0.2) is 134 Å². The van der Waals surface area contributed by atoms with Gasteiger partial charge < -0.3 is 14.2 Å². The zero-order chi connectivity index (χ0) is 48.6. The molecular weight excluding hydrogens is 829 g/mol. The predicted octanol–water partition coefficient (Wildman–Crippen LogP) is 17.9. The lowest BCUT2D eigenvalue weighted by molar-refractivity contribution is -0.167. The molecule has 1 atom stereocenters. The summed E-state index contributed by atoms with van der Waals surface area (Å²) in [7, 11) is 0. The van der Waals surface area contributed by atoms with E-state index in [1.807, 2.05) is 0 Å². The molecule has 0 aromatic rings. The van der Waals surface area contributed by atoms with Crippen molar-refractivity contribution in [3.8, 4) is 0 Å². The maximum absolute atomic E-state index is 12.8. The molecule has 0 spiro atoms. The van der Waals surface area contributed by atoms with Gasteiger partial charge in [-0.2, -0.15) is 0 Å². The molecule has 0 unspecified atom stereocenters. The van der Waals surface area contributed by atoms with Gasteiger partial charge in [0.1, 0.15) is 13.2 Å². The maximum Gasteiger partial charge on any atom is 0.306 e. The number of hydrogen-bond acceptors (Lipinski definition) is 6. The van der Waals surface area contributed by atoms with Crippen LogP contribution in [0.3, 0.4) is 0 Å². The van der Waals surface area contributed by atoms with Crippen molar-refractivity contribution in [1.29, 1.82) is 0 Å². The molecule has 0 amide bonds. The van der Waals surface area contributed by atoms with Crippen LogP contribution in [-0.4, -0.2) is 37.2 Å². The number of carbonyl (C=O) groups is 3. The van der Waals surface area contributed by atoms with Gasteiger partial charge in [-0.25, -0.2) is 0 Å². The smallest absolute Gasteiger partial charge is 0.306 e. The van der Waals surface area contributed by atoms with E-state index in [2.05, 4.69) is 154 Å². The summed E-state index contributed by atoms with van der Waals surface area (Å²) in [6, 6.07) is 0. The monoisotopic (exact) mass is 925 g/mol. The summed E-state index contributed by atoms with van der Waals surface area (Å²) >= 11 is 0. The molecule has 376 valence electrons. The molecule has 0 rings (SSSR count). The number of hydrogen-bond donors (Lipinski definition) is 0. The Bertz CT molecular complexity index is 1480. The fourth-order valence-electron chi connectivity index (χ4n) is 6.62. The molecule has 0 aromatic heterocycles. The van der Waals surface area contributed by atoms with Gasteiger partial charge >= 0.3 is 17.9 Å². The summed E-state index contributed by atoms with van der Waals surface area (Å²) in [6.45, 7) is 6.34. The molecule has 0 aliphatic carbocycles. The third kappa shape index (κ3) is 52.4. The van der Waals surface area contributed by atoms with E-state index in [9.17, 15) is 14.4 Å². The quantitative estimate of drug-likeness (QED) is 0.0262. The highest BCUT2D eigenvalue weighted by Gasteiger charge is 2.19. The molecule has 0 aliphatic rings. The highest BCUT2D eigenvalue weighted by molar-refractivity contribution is 5.71. The molecule has 0 saturated carbocycles. The Morgan fingerprint density at radius 2 is 0.597 bits per heavy atom. The normalized spacial score (nSPS) is 13.2. The van der Waals surface area contributed by atoms with E-state index in [-0.39, 0.29) is 44.4 Å². The van der Waals surface area contributed by atoms with Crippen molar-refractivity contribution in [3.05, 3.63) is 134 Å². The van der Waals surface area contributed by atoms with E-state index in [4.69, 9.17) is 14.2 Å². The molecule has 6 heteroatoms. The van der Waals surface area contributed by atoms with Crippen LogP contribution >= 0.6 is 0 Å². The van der Waals surface area contributed by atoms with E-state index in [1.165, 1.54) is 70.6 Å². The van der Waals surface area contributed by atoms with Crippen LogP contribution in [0.1, 0.15) is 213 Å². The second-order valence-corrected chi connectivity index (χ2v) is 17.0. The molecule has 6 nitrogen and oxygen atoms in total. The van der Waals surface area contributed by atoms with Crippen molar-refractivity contribution in [3.63, 3.8) is 0 Å². The first kappa shape index (κ1) is 62.5. The van der Waals surface area contributed by atoms with Crippen LogP contribution < -0.4 is 0 Å². The van der Waals surface area contributed by atoms with Gasteiger partial charge in [-0.05, 0) is 128 Å². The van der Waals surface area contributed by atoms with Gasteiger partial charge in [-0.15, -0.1) is 0 Å². The molecule has 0 aromatic carbocycles. The summed E-state index contributed by atoms with van der Waals surface area (Å²) in [6.07, 6.45) is 75.9. The summed E-state index contributed by atoms with van der Waals surface area (Å²) in [5.74, 6) is -1.10.